The lowest BCUT2D eigenvalue weighted by molar-refractivity contribution is -0.151. The van der Waals surface area contributed by atoms with Crippen LogP contribution in [-0.2, 0) is 14.8 Å². The van der Waals surface area contributed by atoms with Gasteiger partial charge in [0, 0.05) is 31.6 Å². The topological polar surface area (TPSA) is 81.5 Å². The van der Waals surface area contributed by atoms with Gasteiger partial charge in [-0.2, -0.15) is 9.57 Å². The number of benzene rings is 1. The average Bonchev–Trinajstić information content (AvgIpc) is 2.71. The van der Waals surface area contributed by atoms with E-state index in [0.29, 0.717) is 25.1 Å². The largest absolute Gasteiger partial charge is 0.336 e. The van der Waals surface area contributed by atoms with Gasteiger partial charge in [-0.05, 0) is 55.7 Å². The highest BCUT2D eigenvalue weighted by atomic mass is 32.2. The summed E-state index contributed by atoms with van der Waals surface area (Å²) >= 11 is 0. The number of piperidine rings is 3. The molecule has 28 heavy (non-hydrogen) atoms. The van der Waals surface area contributed by atoms with E-state index < -0.39 is 10.0 Å². The Morgan fingerprint density at radius 2 is 2.04 bits per heavy atom. The van der Waals surface area contributed by atoms with Crippen LogP contribution in [0.2, 0.25) is 0 Å². The normalized spacial score (nSPS) is 30.6. The van der Waals surface area contributed by atoms with Gasteiger partial charge in [-0.25, -0.2) is 8.42 Å². The Kier molecular flexibility index (Phi) is 5.19. The second-order valence-electron chi connectivity index (χ2n) is 8.33. The predicted molar refractivity (Wildman–Crippen MR) is 105 cm³/mol. The summed E-state index contributed by atoms with van der Waals surface area (Å²) in [6.07, 6.45) is 5.41. The summed E-state index contributed by atoms with van der Waals surface area (Å²) in [4.78, 5) is 15.0. The molecule has 1 aromatic rings. The second kappa shape index (κ2) is 7.49. The number of hydrogen-bond acceptors (Lipinski definition) is 4. The van der Waals surface area contributed by atoms with Gasteiger partial charge in [-0.3, -0.25) is 4.79 Å². The molecule has 3 aliphatic rings. The zero-order chi connectivity index (χ0) is 19.9. The van der Waals surface area contributed by atoms with Crippen LogP contribution in [0.5, 0.6) is 0 Å². The molecule has 3 saturated heterocycles. The summed E-state index contributed by atoms with van der Waals surface area (Å²) in [5.41, 5.74) is 0.353. The lowest BCUT2D eigenvalue weighted by Crippen LogP contribution is -2.65. The fraction of sp³-hybridized carbons (Fsp3) is 0.619. The number of fused-ring (bicyclic) bond motifs is 4. The van der Waals surface area contributed by atoms with Gasteiger partial charge in [-0.1, -0.05) is 19.4 Å². The Morgan fingerprint density at radius 1 is 1.25 bits per heavy atom. The number of amides is 1. The Bertz CT molecular complexity index is 908. The molecule has 0 spiro atoms. The highest BCUT2D eigenvalue weighted by Crippen LogP contribution is 2.43. The van der Waals surface area contributed by atoms with Crippen molar-refractivity contribution in [3.8, 4) is 6.07 Å². The molecule has 0 saturated carbocycles. The Balaban J connectivity index is 1.66. The predicted octanol–water partition coefficient (Wildman–Crippen LogP) is 2.75. The highest BCUT2D eigenvalue weighted by molar-refractivity contribution is 7.89. The van der Waals surface area contributed by atoms with Crippen LogP contribution >= 0.6 is 0 Å². The van der Waals surface area contributed by atoms with Gasteiger partial charge in [0.15, 0.2) is 0 Å². The third-order valence-electron chi connectivity index (χ3n) is 6.65. The quantitative estimate of drug-likeness (QED) is 0.777. The number of hydrogen-bond donors (Lipinski definition) is 0. The minimum absolute atomic E-state index is 0.141. The van der Waals surface area contributed by atoms with Crippen LogP contribution in [-0.4, -0.2) is 48.7 Å². The number of nitrogens with zero attached hydrogens (tertiary/aromatic N) is 3. The van der Waals surface area contributed by atoms with E-state index in [-0.39, 0.29) is 34.7 Å². The fourth-order valence-electron chi connectivity index (χ4n) is 5.47. The van der Waals surface area contributed by atoms with Gasteiger partial charge in [-0.15, -0.1) is 0 Å². The van der Waals surface area contributed by atoms with Crippen molar-refractivity contribution < 1.29 is 13.2 Å². The molecule has 0 aliphatic carbocycles. The maximum Gasteiger partial charge on any atom is 0.243 e. The molecule has 3 aliphatic heterocycles. The lowest BCUT2D eigenvalue weighted by Gasteiger charge is -2.56. The van der Waals surface area contributed by atoms with Gasteiger partial charge < -0.3 is 4.90 Å². The summed E-state index contributed by atoms with van der Waals surface area (Å²) in [6.45, 7) is 3.04. The number of carbonyl (C=O) groups excluding carboxylic acids is 1. The first-order valence-electron chi connectivity index (χ1n) is 10.3. The van der Waals surface area contributed by atoms with Crippen LogP contribution in [0, 0.1) is 23.2 Å². The molecule has 0 aromatic heterocycles. The Labute approximate surface area is 167 Å². The summed E-state index contributed by atoms with van der Waals surface area (Å²) in [5, 5.41) is 9.12. The first-order valence-corrected chi connectivity index (χ1v) is 11.7. The molecule has 0 radical (unpaired) electrons. The fourth-order valence-corrected chi connectivity index (χ4v) is 7.07. The first kappa shape index (κ1) is 19.4. The number of nitriles is 1. The molecule has 4 atom stereocenters. The molecule has 2 bridgehead atoms. The molecule has 3 heterocycles. The molecular weight excluding hydrogens is 374 g/mol. The van der Waals surface area contributed by atoms with Crippen LogP contribution in [0.3, 0.4) is 0 Å². The van der Waals surface area contributed by atoms with Crippen molar-refractivity contribution >= 4 is 15.9 Å². The number of sulfonamides is 1. The van der Waals surface area contributed by atoms with Crippen molar-refractivity contribution in [1.29, 1.82) is 5.26 Å². The molecule has 7 heteroatoms. The second-order valence-corrected chi connectivity index (χ2v) is 10.3. The van der Waals surface area contributed by atoms with E-state index in [1.165, 1.54) is 6.07 Å². The summed E-state index contributed by atoms with van der Waals surface area (Å²) in [6, 6.07) is 8.60. The molecule has 6 nitrogen and oxygen atoms in total. The molecule has 0 unspecified atom stereocenters. The van der Waals surface area contributed by atoms with Crippen molar-refractivity contribution in [2.75, 3.05) is 13.1 Å². The van der Waals surface area contributed by atoms with Crippen molar-refractivity contribution in [2.24, 2.45) is 11.8 Å². The highest BCUT2D eigenvalue weighted by Gasteiger charge is 2.50. The maximum atomic E-state index is 13.3. The molecule has 4 rings (SSSR count). The molecule has 3 fully saturated rings. The van der Waals surface area contributed by atoms with E-state index in [1.807, 2.05) is 6.07 Å². The summed E-state index contributed by atoms with van der Waals surface area (Å²) in [7, 11) is -3.65. The van der Waals surface area contributed by atoms with Crippen LogP contribution in [0.4, 0.5) is 0 Å². The minimum atomic E-state index is -3.65. The van der Waals surface area contributed by atoms with Gasteiger partial charge in [0.05, 0.1) is 16.5 Å². The number of carbonyl (C=O) groups is 1. The molecule has 150 valence electrons. The van der Waals surface area contributed by atoms with Gasteiger partial charge in [0.1, 0.15) is 0 Å². The van der Waals surface area contributed by atoms with Gasteiger partial charge >= 0.3 is 0 Å². The SMILES string of the molecule is CCC[C@H]1[C@H]2C[C@H](CN(S(=O)(=O)c3cccc(C#N)c3)C2)[C@@H]2CCCC(=O)N21. The van der Waals surface area contributed by atoms with Crippen molar-refractivity contribution in [2.45, 2.75) is 62.4 Å². The van der Waals surface area contributed by atoms with Gasteiger partial charge in [0.25, 0.3) is 0 Å². The van der Waals surface area contributed by atoms with Crippen LogP contribution in [0.1, 0.15) is 51.0 Å². The van der Waals surface area contributed by atoms with E-state index in [9.17, 15) is 13.2 Å². The molecule has 1 amide bonds. The van der Waals surface area contributed by atoms with Crippen molar-refractivity contribution in [3.05, 3.63) is 29.8 Å². The molecular formula is C21H27N3O3S. The summed E-state index contributed by atoms with van der Waals surface area (Å²) < 4.78 is 28.2. The minimum Gasteiger partial charge on any atom is -0.336 e. The molecule has 0 N–H and O–H groups in total. The lowest BCUT2D eigenvalue weighted by atomic mass is 9.71. The first-order chi connectivity index (χ1) is 13.5. The Hall–Kier alpha value is -1.91. The third kappa shape index (κ3) is 3.23. The van der Waals surface area contributed by atoms with Gasteiger partial charge in [0.2, 0.25) is 15.9 Å². The van der Waals surface area contributed by atoms with Crippen LogP contribution in [0.15, 0.2) is 29.2 Å². The molecule has 1 aromatic carbocycles. The van der Waals surface area contributed by atoms with E-state index in [2.05, 4.69) is 11.8 Å². The van der Waals surface area contributed by atoms with E-state index >= 15 is 0 Å². The standard InChI is InChI=1S/C21H27N3O3S/c1-2-5-19-16-11-17(20-8-4-9-21(25)24(19)20)14-23(13-16)28(26,27)18-7-3-6-15(10-18)12-22/h3,6-7,10,16-17,19-20H,2,4-5,8-9,11,13-14H2,1H3/t16-,17+,19-,20-/m0/s1. The Morgan fingerprint density at radius 3 is 2.79 bits per heavy atom. The van der Waals surface area contributed by atoms with Crippen LogP contribution < -0.4 is 0 Å². The van der Waals surface area contributed by atoms with E-state index in [0.717, 1.165) is 32.1 Å². The summed E-state index contributed by atoms with van der Waals surface area (Å²) in [5.74, 6) is 0.637. The zero-order valence-corrected chi connectivity index (χ0v) is 17.1. The van der Waals surface area contributed by atoms with Crippen molar-refractivity contribution in [3.63, 3.8) is 0 Å². The monoisotopic (exact) mass is 401 g/mol. The average molecular weight is 402 g/mol. The zero-order valence-electron chi connectivity index (χ0n) is 16.3. The van der Waals surface area contributed by atoms with Crippen LogP contribution in [0.25, 0.3) is 0 Å². The maximum absolute atomic E-state index is 13.3. The third-order valence-corrected chi connectivity index (χ3v) is 8.48. The number of rotatable bonds is 4. The van der Waals surface area contributed by atoms with E-state index in [4.69, 9.17) is 5.26 Å². The van der Waals surface area contributed by atoms with E-state index in [1.54, 1.807) is 22.5 Å². The van der Waals surface area contributed by atoms with Crippen molar-refractivity contribution in [1.82, 2.24) is 9.21 Å². The smallest absolute Gasteiger partial charge is 0.243 e.